The average Bonchev–Trinajstić information content (AvgIpc) is 2.95. The van der Waals surface area contributed by atoms with Gasteiger partial charge in [-0.2, -0.15) is 0 Å². The van der Waals surface area contributed by atoms with Crippen LogP contribution in [0.15, 0.2) is 42.5 Å². The van der Waals surface area contributed by atoms with E-state index in [0.29, 0.717) is 0 Å². The van der Waals surface area contributed by atoms with Crippen LogP contribution in [0, 0.1) is 0 Å². The number of halogens is 1. The van der Waals surface area contributed by atoms with E-state index >= 15 is 0 Å². The van der Waals surface area contributed by atoms with Gasteiger partial charge in [-0.3, -0.25) is 0 Å². The fourth-order valence-corrected chi connectivity index (χ4v) is 4.60. The van der Waals surface area contributed by atoms with Gasteiger partial charge >= 0.3 is 0 Å². The predicted molar refractivity (Wildman–Crippen MR) is 106 cm³/mol. The largest absolute Gasteiger partial charge is 0.478 e. The van der Waals surface area contributed by atoms with E-state index in [0.717, 1.165) is 12.2 Å². The number of hydrogen-bond donors (Lipinski definition) is 0. The summed E-state index contributed by atoms with van der Waals surface area (Å²) in [5.74, 6) is 0.999. The van der Waals surface area contributed by atoms with Crippen LogP contribution in [0.25, 0.3) is 20.2 Å². The maximum absolute atomic E-state index is 6.19. The van der Waals surface area contributed by atoms with E-state index in [-0.39, 0.29) is 5.01 Å². The summed E-state index contributed by atoms with van der Waals surface area (Å²) in [6.45, 7) is 2.25. The van der Waals surface area contributed by atoms with E-state index in [9.17, 15) is 0 Å². The second-order valence-corrected chi connectivity index (χ2v) is 8.04. The minimum Gasteiger partial charge on any atom is -0.478 e. The Kier molecular flexibility index (Phi) is 5.96. The molecule has 3 heteroatoms. The number of fused-ring (bicyclic) bond motifs is 3. The van der Waals surface area contributed by atoms with Gasteiger partial charge in [0.15, 0.2) is 5.01 Å². The van der Waals surface area contributed by atoms with E-state index in [4.69, 9.17) is 4.74 Å². The Labute approximate surface area is 150 Å². The minimum absolute atomic E-state index is 0.0972. The molecule has 0 saturated heterocycles. The zero-order chi connectivity index (χ0) is 16.1. The maximum Gasteiger partial charge on any atom is 0.153 e. The van der Waals surface area contributed by atoms with E-state index in [2.05, 4.69) is 65.3 Å². The summed E-state index contributed by atoms with van der Waals surface area (Å²) < 4.78 is 8.77. The summed E-state index contributed by atoms with van der Waals surface area (Å²) in [6, 6.07) is 14.9. The van der Waals surface area contributed by atoms with Gasteiger partial charge in [-0.1, -0.05) is 62.9 Å². The van der Waals surface area contributed by atoms with Gasteiger partial charge in [0.05, 0.1) is 4.70 Å². The van der Waals surface area contributed by atoms with Crippen LogP contribution in [0.5, 0.6) is 5.75 Å². The van der Waals surface area contributed by atoms with Crippen LogP contribution in [0.2, 0.25) is 0 Å². The lowest BCUT2D eigenvalue weighted by Crippen LogP contribution is -2.07. The van der Waals surface area contributed by atoms with Crippen LogP contribution >= 0.6 is 27.3 Å². The molecule has 0 aliphatic carbocycles. The standard InChI is InChI=1S/C20H23BrOS/c1-2-3-4-5-6-14-19(21)22-17-12-9-11-16-15-10-7-8-13-18(15)23-20(16)17/h7-13,19H,2-6,14H2,1H3. The quantitative estimate of drug-likeness (QED) is 0.285. The van der Waals surface area contributed by atoms with Gasteiger partial charge in [0, 0.05) is 15.5 Å². The van der Waals surface area contributed by atoms with Gasteiger partial charge in [-0.25, -0.2) is 0 Å². The third kappa shape index (κ3) is 4.07. The third-order valence-corrected chi connectivity index (χ3v) is 6.00. The van der Waals surface area contributed by atoms with E-state index in [1.165, 1.54) is 52.3 Å². The molecule has 0 N–H and O–H groups in total. The van der Waals surface area contributed by atoms with Crippen LogP contribution in [0.1, 0.15) is 45.4 Å². The van der Waals surface area contributed by atoms with Crippen molar-refractivity contribution in [3.8, 4) is 5.75 Å². The van der Waals surface area contributed by atoms with E-state index in [1.807, 2.05) is 11.3 Å². The van der Waals surface area contributed by atoms with Crippen LogP contribution in [-0.2, 0) is 0 Å². The molecule has 3 rings (SSSR count). The zero-order valence-electron chi connectivity index (χ0n) is 13.6. The summed E-state index contributed by atoms with van der Waals surface area (Å²) in [5, 5.41) is 2.72. The second-order valence-electron chi connectivity index (χ2n) is 5.96. The molecule has 2 aromatic carbocycles. The molecule has 0 aliphatic heterocycles. The van der Waals surface area contributed by atoms with E-state index in [1.54, 1.807) is 0 Å². The second kappa shape index (κ2) is 8.16. The molecule has 1 nitrogen and oxygen atoms in total. The Hall–Kier alpha value is -1.06. The molecule has 1 atom stereocenters. The number of ether oxygens (including phenoxy) is 1. The highest BCUT2D eigenvalue weighted by atomic mass is 79.9. The molecule has 0 saturated carbocycles. The first-order chi connectivity index (χ1) is 11.3. The number of hydrogen-bond acceptors (Lipinski definition) is 2. The van der Waals surface area contributed by atoms with Crippen molar-refractivity contribution in [2.75, 3.05) is 0 Å². The molecule has 1 unspecified atom stereocenters. The summed E-state index contributed by atoms with van der Waals surface area (Å²) >= 11 is 5.52. The highest BCUT2D eigenvalue weighted by Gasteiger charge is 2.12. The summed E-state index contributed by atoms with van der Waals surface area (Å²) in [6.07, 6.45) is 7.55. The maximum atomic E-state index is 6.19. The lowest BCUT2D eigenvalue weighted by molar-refractivity contribution is 0.281. The lowest BCUT2D eigenvalue weighted by atomic mass is 10.1. The number of rotatable bonds is 8. The summed E-state index contributed by atoms with van der Waals surface area (Å²) in [4.78, 5) is 0. The summed E-state index contributed by atoms with van der Waals surface area (Å²) in [7, 11) is 0. The molecule has 1 heterocycles. The van der Waals surface area contributed by atoms with Crippen molar-refractivity contribution in [2.24, 2.45) is 0 Å². The highest BCUT2D eigenvalue weighted by Crippen LogP contribution is 2.39. The fourth-order valence-electron chi connectivity index (χ4n) is 2.92. The molecule has 0 spiro atoms. The molecule has 23 heavy (non-hydrogen) atoms. The molecule has 0 radical (unpaired) electrons. The summed E-state index contributed by atoms with van der Waals surface area (Å²) in [5.41, 5.74) is 0. The first kappa shape index (κ1) is 16.8. The van der Waals surface area contributed by atoms with Crippen molar-refractivity contribution in [2.45, 2.75) is 50.5 Å². The Morgan fingerprint density at radius 3 is 2.61 bits per heavy atom. The van der Waals surface area contributed by atoms with Crippen LogP contribution in [0.4, 0.5) is 0 Å². The van der Waals surface area contributed by atoms with Crippen molar-refractivity contribution < 1.29 is 4.74 Å². The van der Waals surface area contributed by atoms with Gasteiger partial charge in [-0.05, 0) is 40.9 Å². The number of unbranched alkanes of at least 4 members (excludes halogenated alkanes) is 4. The molecular weight excluding hydrogens is 368 g/mol. The van der Waals surface area contributed by atoms with Crippen molar-refractivity contribution >= 4 is 47.4 Å². The van der Waals surface area contributed by atoms with Crippen LogP contribution in [-0.4, -0.2) is 5.01 Å². The highest BCUT2D eigenvalue weighted by molar-refractivity contribution is 9.09. The Balaban J connectivity index is 1.70. The van der Waals surface area contributed by atoms with Crippen molar-refractivity contribution in [3.05, 3.63) is 42.5 Å². The van der Waals surface area contributed by atoms with Gasteiger partial charge in [0.25, 0.3) is 0 Å². The Morgan fingerprint density at radius 1 is 0.957 bits per heavy atom. The van der Waals surface area contributed by atoms with Crippen molar-refractivity contribution in [1.82, 2.24) is 0 Å². The van der Waals surface area contributed by atoms with Crippen LogP contribution < -0.4 is 4.74 Å². The van der Waals surface area contributed by atoms with Gasteiger partial charge < -0.3 is 4.74 Å². The molecule has 0 amide bonds. The number of benzene rings is 2. The number of thiophene rings is 1. The Morgan fingerprint density at radius 2 is 1.74 bits per heavy atom. The molecule has 3 aromatic rings. The molecule has 0 aliphatic rings. The number of alkyl halides is 1. The van der Waals surface area contributed by atoms with E-state index < -0.39 is 0 Å². The van der Waals surface area contributed by atoms with Crippen molar-refractivity contribution in [1.29, 1.82) is 0 Å². The Bertz CT molecular complexity index is 765. The molecule has 1 aromatic heterocycles. The topological polar surface area (TPSA) is 9.23 Å². The monoisotopic (exact) mass is 390 g/mol. The molecule has 0 bridgehead atoms. The van der Waals surface area contributed by atoms with Gasteiger partial charge in [0.2, 0.25) is 0 Å². The fraction of sp³-hybridized carbons (Fsp3) is 0.400. The molecule has 122 valence electrons. The average molecular weight is 391 g/mol. The van der Waals surface area contributed by atoms with Crippen molar-refractivity contribution in [3.63, 3.8) is 0 Å². The minimum atomic E-state index is 0.0972. The predicted octanol–water partition coefficient (Wildman–Crippen LogP) is 7.51. The van der Waals surface area contributed by atoms with Gasteiger partial charge in [-0.15, -0.1) is 11.3 Å². The third-order valence-electron chi connectivity index (χ3n) is 4.16. The molecular formula is C20H23BrOS. The lowest BCUT2D eigenvalue weighted by Gasteiger charge is -2.13. The normalized spacial score (nSPS) is 12.8. The first-order valence-corrected chi connectivity index (χ1v) is 10.2. The first-order valence-electron chi connectivity index (χ1n) is 8.50. The SMILES string of the molecule is CCCCCCCC(Br)Oc1cccc2c1sc1ccccc12. The van der Waals surface area contributed by atoms with Crippen LogP contribution in [0.3, 0.4) is 0 Å². The smallest absolute Gasteiger partial charge is 0.153 e. The zero-order valence-corrected chi connectivity index (χ0v) is 16.0. The molecule has 0 fully saturated rings. The van der Waals surface area contributed by atoms with Gasteiger partial charge in [0.1, 0.15) is 5.75 Å².